The van der Waals surface area contributed by atoms with Gasteiger partial charge in [0, 0.05) is 17.1 Å². The number of ether oxygens (including phenoxy) is 1. The molecule has 1 aromatic carbocycles. The Bertz CT molecular complexity index is 713. The van der Waals surface area contributed by atoms with Gasteiger partial charge in [0.1, 0.15) is 12.2 Å². The first-order valence-electron chi connectivity index (χ1n) is 9.31. The van der Waals surface area contributed by atoms with Crippen molar-refractivity contribution < 1.29 is 14.3 Å². The van der Waals surface area contributed by atoms with E-state index in [-0.39, 0.29) is 18.0 Å². The van der Waals surface area contributed by atoms with Crippen LogP contribution in [0, 0.1) is 5.92 Å². The molecule has 0 radical (unpaired) electrons. The Morgan fingerprint density at radius 2 is 1.89 bits per heavy atom. The van der Waals surface area contributed by atoms with Gasteiger partial charge in [-0.25, -0.2) is 0 Å². The average molecular weight is 393 g/mol. The number of carbonyl (C=O) groups is 2. The molecule has 1 aliphatic heterocycles. The van der Waals surface area contributed by atoms with Gasteiger partial charge < -0.3 is 9.64 Å². The maximum absolute atomic E-state index is 12.7. The lowest BCUT2D eigenvalue weighted by atomic mass is 10.0. The van der Waals surface area contributed by atoms with E-state index >= 15 is 0 Å². The number of carbonyl (C=O) groups excluding carboxylic acids is 2. The van der Waals surface area contributed by atoms with Crippen molar-refractivity contribution in [2.45, 2.75) is 52.7 Å². The second-order valence-electron chi connectivity index (χ2n) is 7.46. The Labute approximate surface area is 166 Å². The molecule has 5 nitrogen and oxygen atoms in total. The molecule has 0 bridgehead atoms. The van der Waals surface area contributed by atoms with Gasteiger partial charge >= 0.3 is 5.97 Å². The molecular weight excluding hydrogens is 364 g/mol. The summed E-state index contributed by atoms with van der Waals surface area (Å²) in [5, 5.41) is 4.05. The fourth-order valence-electron chi connectivity index (χ4n) is 3.32. The fraction of sp³-hybridized carbons (Fsp3) is 0.524. The third-order valence-corrected chi connectivity index (χ3v) is 5.25. The van der Waals surface area contributed by atoms with Crippen LogP contribution in [0.2, 0.25) is 5.02 Å². The molecular formula is C21H29ClN2O3. The quantitative estimate of drug-likeness (QED) is 0.687. The average Bonchev–Trinajstić information content (AvgIpc) is 2.83. The van der Waals surface area contributed by atoms with Crippen LogP contribution in [0.4, 0.5) is 0 Å². The van der Waals surface area contributed by atoms with E-state index in [9.17, 15) is 9.59 Å². The molecule has 1 aromatic rings. The van der Waals surface area contributed by atoms with Gasteiger partial charge in [0.15, 0.2) is 0 Å². The summed E-state index contributed by atoms with van der Waals surface area (Å²) in [6, 6.07) is 7.18. The van der Waals surface area contributed by atoms with Gasteiger partial charge in [0.25, 0.3) is 5.91 Å². The molecule has 6 heteroatoms. The lowest BCUT2D eigenvalue weighted by Crippen LogP contribution is -2.52. The predicted octanol–water partition coefficient (Wildman–Crippen LogP) is 3.56. The van der Waals surface area contributed by atoms with Crippen LogP contribution in [0.3, 0.4) is 0 Å². The van der Waals surface area contributed by atoms with Crippen molar-refractivity contribution in [2.75, 3.05) is 13.7 Å². The number of rotatable bonds is 8. The third kappa shape index (κ3) is 5.33. The number of methoxy groups -OCH3 is 1. The van der Waals surface area contributed by atoms with Crippen molar-refractivity contribution in [3.63, 3.8) is 0 Å². The Morgan fingerprint density at radius 1 is 1.26 bits per heavy atom. The molecule has 0 saturated carbocycles. The summed E-state index contributed by atoms with van der Waals surface area (Å²) < 4.78 is 4.95. The summed E-state index contributed by atoms with van der Waals surface area (Å²) in [5.41, 5.74) is 2.80. The first-order chi connectivity index (χ1) is 12.7. The number of nitrogens with one attached hydrogen (secondary N) is 1. The summed E-state index contributed by atoms with van der Waals surface area (Å²) in [6.07, 6.45) is 1.07. The molecule has 0 aromatic heterocycles. The third-order valence-electron chi connectivity index (χ3n) is 5.00. The number of halogens is 1. The maximum atomic E-state index is 12.7. The van der Waals surface area contributed by atoms with Crippen LogP contribution in [0.1, 0.15) is 39.7 Å². The molecule has 1 aliphatic rings. The number of amides is 1. The number of nitrogens with zero attached hydrogens (tertiary/aromatic N) is 1. The van der Waals surface area contributed by atoms with Gasteiger partial charge in [-0.15, -0.1) is 0 Å². The molecule has 1 heterocycles. The number of hydrogen-bond donors (Lipinski definition) is 1. The lowest BCUT2D eigenvalue weighted by molar-refractivity contribution is -0.144. The Kier molecular flexibility index (Phi) is 7.45. The summed E-state index contributed by atoms with van der Waals surface area (Å²) in [5.74, 6) is 0.0323. The summed E-state index contributed by atoms with van der Waals surface area (Å²) in [4.78, 5) is 26.7. The van der Waals surface area contributed by atoms with Crippen LogP contribution in [0.15, 0.2) is 35.4 Å². The second-order valence-corrected chi connectivity index (χ2v) is 7.89. The molecule has 1 amide bonds. The van der Waals surface area contributed by atoms with Crippen molar-refractivity contribution in [2.24, 2.45) is 5.92 Å². The van der Waals surface area contributed by atoms with Gasteiger partial charge in [-0.2, -0.15) is 0 Å². The largest absolute Gasteiger partial charge is 0.468 e. The van der Waals surface area contributed by atoms with Crippen LogP contribution in [-0.4, -0.2) is 42.6 Å². The number of benzene rings is 1. The summed E-state index contributed by atoms with van der Waals surface area (Å²) in [7, 11) is 1.39. The highest BCUT2D eigenvalue weighted by Gasteiger charge is 2.37. The predicted molar refractivity (Wildman–Crippen MR) is 107 cm³/mol. The van der Waals surface area contributed by atoms with Crippen molar-refractivity contribution in [1.82, 2.24) is 10.2 Å². The van der Waals surface area contributed by atoms with Crippen LogP contribution < -0.4 is 5.32 Å². The molecule has 0 unspecified atom stereocenters. The Balaban J connectivity index is 2.15. The van der Waals surface area contributed by atoms with E-state index < -0.39 is 6.04 Å². The minimum Gasteiger partial charge on any atom is -0.468 e. The first kappa shape index (κ1) is 21.5. The van der Waals surface area contributed by atoms with Crippen molar-refractivity contribution in [3.8, 4) is 0 Å². The zero-order valence-electron chi connectivity index (χ0n) is 16.7. The van der Waals surface area contributed by atoms with E-state index in [1.165, 1.54) is 7.11 Å². The summed E-state index contributed by atoms with van der Waals surface area (Å²) in [6.45, 7) is 8.46. The molecule has 1 N–H and O–H groups in total. The normalized spacial score (nSPS) is 18.4. The van der Waals surface area contributed by atoms with Crippen LogP contribution >= 0.6 is 11.6 Å². The zero-order chi connectivity index (χ0) is 20.1. The highest BCUT2D eigenvalue weighted by Crippen LogP contribution is 2.25. The van der Waals surface area contributed by atoms with Gasteiger partial charge in [-0.1, -0.05) is 37.6 Å². The summed E-state index contributed by atoms with van der Waals surface area (Å²) >= 11 is 5.94. The first-order valence-corrected chi connectivity index (χ1v) is 9.69. The van der Waals surface area contributed by atoms with Gasteiger partial charge in [-0.05, 0) is 55.9 Å². The van der Waals surface area contributed by atoms with Gasteiger partial charge in [-0.3, -0.25) is 14.9 Å². The minimum absolute atomic E-state index is 0.00660. The smallest absolute Gasteiger partial charge is 0.322 e. The van der Waals surface area contributed by atoms with E-state index in [1.807, 2.05) is 38.1 Å². The topological polar surface area (TPSA) is 58.6 Å². The molecule has 148 valence electrons. The minimum atomic E-state index is -0.452. The van der Waals surface area contributed by atoms with E-state index in [2.05, 4.69) is 19.2 Å². The molecule has 2 atom stereocenters. The SMILES string of the molecule is COC(=O)[C@@H](CC(C)C)N[C@H]1C(C)=C(C)C(=O)N1CCc1ccc(Cl)cc1. The molecule has 0 aliphatic carbocycles. The number of hydrogen-bond acceptors (Lipinski definition) is 4. The molecule has 27 heavy (non-hydrogen) atoms. The van der Waals surface area contributed by atoms with Crippen LogP contribution in [-0.2, 0) is 20.7 Å². The van der Waals surface area contributed by atoms with E-state index in [1.54, 1.807) is 4.90 Å². The van der Waals surface area contributed by atoms with Crippen LogP contribution in [0.25, 0.3) is 0 Å². The molecule has 0 fully saturated rings. The van der Waals surface area contributed by atoms with Crippen molar-refractivity contribution >= 4 is 23.5 Å². The highest BCUT2D eigenvalue weighted by molar-refractivity contribution is 6.30. The van der Waals surface area contributed by atoms with Gasteiger partial charge in [0.2, 0.25) is 0 Å². The Hall–Kier alpha value is -1.85. The number of esters is 1. The van der Waals surface area contributed by atoms with E-state index in [4.69, 9.17) is 16.3 Å². The monoisotopic (exact) mass is 392 g/mol. The maximum Gasteiger partial charge on any atom is 0.322 e. The molecule has 0 saturated heterocycles. The Morgan fingerprint density at radius 3 is 2.44 bits per heavy atom. The second kappa shape index (κ2) is 9.38. The molecule has 0 spiro atoms. The standard InChI is InChI=1S/C21H29ClN2O3/c1-13(2)12-18(21(26)27-5)23-19-14(3)15(4)20(25)24(19)11-10-16-6-8-17(22)9-7-16/h6-9,13,18-19,23H,10-12H2,1-5H3/t18-,19-/m1/s1. The van der Waals surface area contributed by atoms with Crippen LogP contribution in [0.5, 0.6) is 0 Å². The van der Waals surface area contributed by atoms with E-state index in [0.29, 0.717) is 30.3 Å². The van der Waals surface area contributed by atoms with Crippen molar-refractivity contribution in [3.05, 3.63) is 46.0 Å². The zero-order valence-corrected chi connectivity index (χ0v) is 17.5. The van der Waals surface area contributed by atoms with Gasteiger partial charge in [0.05, 0.1) is 7.11 Å². The lowest BCUT2D eigenvalue weighted by Gasteiger charge is -2.31. The highest BCUT2D eigenvalue weighted by atomic mass is 35.5. The van der Waals surface area contributed by atoms with Crippen molar-refractivity contribution in [1.29, 1.82) is 0 Å². The molecule has 2 rings (SSSR count). The fourth-order valence-corrected chi connectivity index (χ4v) is 3.45. The van der Waals surface area contributed by atoms with E-state index in [0.717, 1.165) is 16.7 Å².